The Balaban J connectivity index is 2.47. The second-order valence-electron chi connectivity index (χ2n) is 7.64. The van der Waals surface area contributed by atoms with Gasteiger partial charge in [0.1, 0.15) is 0 Å². The molecule has 1 aliphatic carbocycles. The normalized spacial score (nSPS) is 27.5. The second-order valence-corrected chi connectivity index (χ2v) is 7.64. The van der Waals surface area contributed by atoms with Gasteiger partial charge in [-0.2, -0.15) is 0 Å². The number of rotatable bonds is 5. The molecule has 2 N–H and O–H groups in total. The Morgan fingerprint density at radius 2 is 1.83 bits per heavy atom. The van der Waals surface area contributed by atoms with Crippen molar-refractivity contribution in [1.29, 1.82) is 0 Å². The molecule has 0 aliphatic heterocycles. The molecule has 1 aliphatic rings. The molecule has 3 atom stereocenters. The Hall–Kier alpha value is -0.0800. The third-order valence-corrected chi connectivity index (χ3v) is 4.41. The van der Waals surface area contributed by atoms with Crippen LogP contribution in [0, 0.1) is 17.3 Å². The Kier molecular flexibility index (Phi) is 6.13. The van der Waals surface area contributed by atoms with Gasteiger partial charge in [-0.25, -0.2) is 0 Å². The van der Waals surface area contributed by atoms with Gasteiger partial charge in [-0.15, -0.1) is 0 Å². The zero-order chi connectivity index (χ0) is 13.8. The van der Waals surface area contributed by atoms with Crippen molar-refractivity contribution in [2.75, 3.05) is 20.1 Å². The van der Waals surface area contributed by atoms with E-state index in [1.54, 1.807) is 0 Å². The van der Waals surface area contributed by atoms with Crippen LogP contribution in [0.25, 0.3) is 0 Å². The molecule has 1 rings (SSSR count). The minimum absolute atomic E-state index is 0.392. The van der Waals surface area contributed by atoms with Crippen LogP contribution in [0.3, 0.4) is 0 Å². The molecule has 1 fully saturated rings. The highest BCUT2D eigenvalue weighted by atomic mass is 15.1. The van der Waals surface area contributed by atoms with Crippen molar-refractivity contribution in [3.8, 4) is 0 Å². The minimum Gasteiger partial charge on any atom is -0.330 e. The van der Waals surface area contributed by atoms with Crippen molar-refractivity contribution in [3.63, 3.8) is 0 Å². The van der Waals surface area contributed by atoms with Crippen LogP contribution in [0.15, 0.2) is 0 Å². The topological polar surface area (TPSA) is 29.3 Å². The van der Waals surface area contributed by atoms with Gasteiger partial charge in [0.15, 0.2) is 0 Å². The van der Waals surface area contributed by atoms with Crippen LogP contribution in [-0.4, -0.2) is 31.1 Å². The largest absolute Gasteiger partial charge is 0.330 e. The van der Waals surface area contributed by atoms with E-state index in [1.807, 2.05) is 0 Å². The van der Waals surface area contributed by atoms with Gasteiger partial charge in [0.2, 0.25) is 0 Å². The van der Waals surface area contributed by atoms with Crippen molar-refractivity contribution in [2.24, 2.45) is 23.0 Å². The maximum Gasteiger partial charge on any atom is 0.0118 e. The first-order valence-corrected chi connectivity index (χ1v) is 7.74. The molecule has 2 heteroatoms. The second kappa shape index (κ2) is 6.91. The van der Waals surface area contributed by atoms with Gasteiger partial charge in [-0.3, -0.25) is 0 Å². The Morgan fingerprint density at radius 3 is 2.33 bits per heavy atom. The van der Waals surface area contributed by atoms with Crippen molar-refractivity contribution in [2.45, 2.75) is 65.8 Å². The van der Waals surface area contributed by atoms with Crippen LogP contribution < -0.4 is 5.73 Å². The summed E-state index contributed by atoms with van der Waals surface area (Å²) in [5.41, 5.74) is 6.36. The lowest BCUT2D eigenvalue weighted by atomic mass is 9.82. The summed E-state index contributed by atoms with van der Waals surface area (Å²) < 4.78 is 0. The molecule has 2 nitrogen and oxygen atoms in total. The molecule has 0 amide bonds. The highest BCUT2D eigenvalue weighted by Gasteiger charge is 2.27. The third kappa shape index (κ3) is 5.27. The lowest BCUT2D eigenvalue weighted by Gasteiger charge is -2.38. The molecule has 108 valence electrons. The van der Waals surface area contributed by atoms with E-state index in [-0.39, 0.29) is 0 Å². The molecular weight excluding hydrogens is 220 g/mol. The van der Waals surface area contributed by atoms with Crippen molar-refractivity contribution < 1.29 is 0 Å². The van der Waals surface area contributed by atoms with E-state index in [4.69, 9.17) is 5.73 Å². The lowest BCUT2D eigenvalue weighted by Crippen LogP contribution is -2.43. The molecule has 1 saturated carbocycles. The van der Waals surface area contributed by atoms with Gasteiger partial charge in [0.05, 0.1) is 0 Å². The van der Waals surface area contributed by atoms with Crippen molar-refractivity contribution in [3.05, 3.63) is 0 Å². The fourth-order valence-corrected chi connectivity index (χ4v) is 3.58. The van der Waals surface area contributed by atoms with Crippen LogP contribution >= 0.6 is 0 Å². The van der Waals surface area contributed by atoms with E-state index in [0.717, 1.165) is 18.5 Å². The summed E-state index contributed by atoms with van der Waals surface area (Å²) in [6.45, 7) is 11.4. The molecule has 0 radical (unpaired) electrons. The van der Waals surface area contributed by atoms with E-state index in [1.165, 1.54) is 38.6 Å². The molecular formula is C16H34N2. The summed E-state index contributed by atoms with van der Waals surface area (Å²) >= 11 is 0. The first-order valence-electron chi connectivity index (χ1n) is 7.74. The number of hydrogen-bond donors (Lipinski definition) is 1. The van der Waals surface area contributed by atoms with Crippen molar-refractivity contribution >= 4 is 0 Å². The highest BCUT2D eigenvalue weighted by Crippen LogP contribution is 2.29. The van der Waals surface area contributed by atoms with Gasteiger partial charge >= 0.3 is 0 Å². The van der Waals surface area contributed by atoms with Gasteiger partial charge in [0, 0.05) is 12.6 Å². The molecule has 0 saturated heterocycles. The van der Waals surface area contributed by atoms with E-state index in [9.17, 15) is 0 Å². The molecule has 18 heavy (non-hydrogen) atoms. The Morgan fingerprint density at radius 1 is 1.22 bits per heavy atom. The predicted molar refractivity (Wildman–Crippen MR) is 80.7 cm³/mol. The summed E-state index contributed by atoms with van der Waals surface area (Å²) in [6, 6.07) is 0.785. The zero-order valence-electron chi connectivity index (χ0n) is 13.2. The summed E-state index contributed by atoms with van der Waals surface area (Å²) in [5.74, 6) is 1.50. The molecule has 0 aromatic rings. The summed E-state index contributed by atoms with van der Waals surface area (Å²) in [4.78, 5) is 2.59. The van der Waals surface area contributed by atoms with Crippen LogP contribution in [-0.2, 0) is 0 Å². The van der Waals surface area contributed by atoms with Crippen molar-refractivity contribution in [1.82, 2.24) is 4.90 Å². The van der Waals surface area contributed by atoms with Crippen LogP contribution in [0.1, 0.15) is 59.8 Å². The fourth-order valence-electron chi connectivity index (χ4n) is 3.58. The smallest absolute Gasteiger partial charge is 0.0118 e. The number of hydrogen-bond acceptors (Lipinski definition) is 2. The SMILES string of the molecule is CC1CCCCC1N(C)CC(CN)CC(C)(C)C. The molecule has 0 heterocycles. The molecule has 0 bridgehead atoms. The Bertz CT molecular complexity index is 232. The van der Waals surface area contributed by atoms with Crippen LogP contribution in [0.5, 0.6) is 0 Å². The summed E-state index contributed by atoms with van der Waals surface area (Å²) in [7, 11) is 2.30. The van der Waals surface area contributed by atoms with E-state index >= 15 is 0 Å². The van der Waals surface area contributed by atoms with E-state index in [2.05, 4.69) is 39.6 Å². The molecule has 0 spiro atoms. The average Bonchev–Trinajstić information content (AvgIpc) is 2.26. The zero-order valence-corrected chi connectivity index (χ0v) is 13.2. The van der Waals surface area contributed by atoms with E-state index in [0.29, 0.717) is 11.3 Å². The molecule has 3 unspecified atom stereocenters. The van der Waals surface area contributed by atoms with Gasteiger partial charge in [-0.1, -0.05) is 40.5 Å². The maximum absolute atomic E-state index is 5.97. The maximum atomic E-state index is 5.97. The summed E-state index contributed by atoms with van der Waals surface area (Å²) in [5, 5.41) is 0. The first-order chi connectivity index (χ1) is 8.33. The van der Waals surface area contributed by atoms with E-state index < -0.39 is 0 Å². The predicted octanol–water partition coefficient (Wildman–Crippen LogP) is 3.51. The Labute approximate surface area is 114 Å². The van der Waals surface area contributed by atoms with Crippen LogP contribution in [0.4, 0.5) is 0 Å². The van der Waals surface area contributed by atoms with Gasteiger partial charge in [-0.05, 0) is 50.1 Å². The molecule has 0 aromatic carbocycles. The minimum atomic E-state index is 0.392. The lowest BCUT2D eigenvalue weighted by molar-refractivity contribution is 0.112. The quantitative estimate of drug-likeness (QED) is 0.813. The highest BCUT2D eigenvalue weighted by molar-refractivity contribution is 4.81. The molecule has 0 aromatic heterocycles. The standard InChI is InChI=1S/C16H34N2/c1-13-8-6-7-9-15(13)18(5)12-14(11-17)10-16(2,3)4/h13-15H,6-12,17H2,1-5H3. The fraction of sp³-hybridized carbons (Fsp3) is 1.00. The average molecular weight is 254 g/mol. The van der Waals surface area contributed by atoms with Crippen LogP contribution in [0.2, 0.25) is 0 Å². The third-order valence-electron chi connectivity index (χ3n) is 4.41. The first kappa shape index (κ1) is 16.0. The monoisotopic (exact) mass is 254 g/mol. The summed E-state index contributed by atoms with van der Waals surface area (Å²) in [6.07, 6.45) is 6.85. The number of nitrogens with zero attached hydrogens (tertiary/aromatic N) is 1. The van der Waals surface area contributed by atoms with Gasteiger partial charge < -0.3 is 10.6 Å². The number of nitrogens with two attached hydrogens (primary N) is 1. The van der Waals surface area contributed by atoms with Gasteiger partial charge in [0.25, 0.3) is 0 Å².